The molecule has 0 aliphatic heterocycles. The van der Waals surface area contributed by atoms with Crippen LogP contribution < -0.4 is 5.32 Å². The molecule has 0 aliphatic rings. The van der Waals surface area contributed by atoms with Gasteiger partial charge in [0.15, 0.2) is 0 Å². The average Bonchev–Trinajstić information content (AvgIpc) is 2.26. The summed E-state index contributed by atoms with van der Waals surface area (Å²) in [4.78, 5) is 15.2. The number of aromatic nitrogens is 1. The zero-order chi connectivity index (χ0) is 11.3. The quantitative estimate of drug-likeness (QED) is 0.670. The smallest absolute Gasteiger partial charge is 0.339 e. The third-order valence-electron chi connectivity index (χ3n) is 1.62. The molecule has 1 rings (SSSR count). The molecular formula is C10H9BrN2O2. The molecule has 5 heteroatoms. The number of nitrogens with zero attached hydrogens (tertiary/aromatic N) is 1. The molecule has 0 spiro atoms. The molecule has 0 radical (unpaired) electrons. The van der Waals surface area contributed by atoms with E-state index in [1.807, 2.05) is 0 Å². The lowest BCUT2D eigenvalue weighted by atomic mass is 10.3. The van der Waals surface area contributed by atoms with Gasteiger partial charge in [-0.15, -0.1) is 6.42 Å². The summed E-state index contributed by atoms with van der Waals surface area (Å²) in [5, 5.41) is 2.90. The molecule has 0 saturated carbocycles. The van der Waals surface area contributed by atoms with Crippen LogP contribution in [0.3, 0.4) is 0 Å². The van der Waals surface area contributed by atoms with Crippen LogP contribution in [0.4, 0.5) is 5.82 Å². The Morgan fingerprint density at radius 3 is 3.07 bits per heavy atom. The van der Waals surface area contributed by atoms with Gasteiger partial charge in [-0.1, -0.05) is 5.92 Å². The van der Waals surface area contributed by atoms with Gasteiger partial charge in [0, 0.05) is 6.20 Å². The van der Waals surface area contributed by atoms with Crippen LogP contribution in [-0.2, 0) is 4.74 Å². The molecule has 0 amide bonds. The van der Waals surface area contributed by atoms with Crippen molar-refractivity contribution < 1.29 is 9.53 Å². The molecule has 15 heavy (non-hydrogen) atoms. The monoisotopic (exact) mass is 268 g/mol. The largest absolute Gasteiger partial charge is 0.465 e. The van der Waals surface area contributed by atoms with Crippen LogP contribution in [0.2, 0.25) is 0 Å². The van der Waals surface area contributed by atoms with Crippen molar-refractivity contribution in [2.24, 2.45) is 0 Å². The van der Waals surface area contributed by atoms with Gasteiger partial charge in [0.25, 0.3) is 0 Å². The predicted octanol–water partition coefficient (Wildman–Crippen LogP) is 1.68. The van der Waals surface area contributed by atoms with E-state index >= 15 is 0 Å². The minimum atomic E-state index is -0.424. The standard InChI is InChI=1S/C10H9BrN2O2/c1-3-4-12-9-8(11)5-7(6-13-9)10(14)15-2/h1,5-6H,4H2,2H3,(H,12,13). The van der Waals surface area contributed by atoms with E-state index in [4.69, 9.17) is 6.42 Å². The number of halogens is 1. The van der Waals surface area contributed by atoms with Gasteiger partial charge in [-0.3, -0.25) is 0 Å². The molecule has 0 aromatic carbocycles. The van der Waals surface area contributed by atoms with Crippen molar-refractivity contribution >= 4 is 27.7 Å². The first kappa shape index (κ1) is 11.5. The first-order valence-electron chi connectivity index (χ1n) is 4.10. The minimum absolute atomic E-state index is 0.378. The molecule has 0 atom stereocenters. The Morgan fingerprint density at radius 1 is 1.80 bits per heavy atom. The Labute approximate surface area is 96.2 Å². The third-order valence-corrected chi connectivity index (χ3v) is 2.22. The summed E-state index contributed by atoms with van der Waals surface area (Å²) < 4.78 is 5.23. The fraction of sp³-hybridized carbons (Fsp3) is 0.200. The summed E-state index contributed by atoms with van der Waals surface area (Å²) in [6, 6.07) is 1.62. The SMILES string of the molecule is C#CCNc1ncc(C(=O)OC)cc1Br. The van der Waals surface area contributed by atoms with E-state index < -0.39 is 5.97 Å². The second-order valence-corrected chi connectivity index (χ2v) is 3.46. The fourth-order valence-corrected chi connectivity index (χ4v) is 1.42. The summed E-state index contributed by atoms with van der Waals surface area (Å²) in [7, 11) is 1.32. The van der Waals surface area contributed by atoms with Crippen molar-refractivity contribution in [1.29, 1.82) is 0 Å². The van der Waals surface area contributed by atoms with E-state index in [1.165, 1.54) is 13.3 Å². The molecule has 1 heterocycles. The van der Waals surface area contributed by atoms with Gasteiger partial charge >= 0.3 is 5.97 Å². The average molecular weight is 269 g/mol. The van der Waals surface area contributed by atoms with Crippen LogP contribution in [0.15, 0.2) is 16.7 Å². The first-order valence-corrected chi connectivity index (χ1v) is 4.89. The number of anilines is 1. The number of pyridine rings is 1. The summed E-state index contributed by atoms with van der Waals surface area (Å²) in [6.45, 7) is 0.378. The van der Waals surface area contributed by atoms with Crippen LogP contribution in [0, 0.1) is 12.3 Å². The zero-order valence-corrected chi connectivity index (χ0v) is 9.67. The number of rotatable bonds is 3. The highest BCUT2D eigenvalue weighted by atomic mass is 79.9. The van der Waals surface area contributed by atoms with Crippen molar-refractivity contribution in [3.05, 3.63) is 22.3 Å². The van der Waals surface area contributed by atoms with Crippen molar-refractivity contribution in [3.63, 3.8) is 0 Å². The van der Waals surface area contributed by atoms with Gasteiger partial charge in [0.1, 0.15) is 5.82 Å². The molecule has 78 valence electrons. The van der Waals surface area contributed by atoms with Crippen molar-refractivity contribution in [3.8, 4) is 12.3 Å². The molecule has 0 saturated heterocycles. The zero-order valence-electron chi connectivity index (χ0n) is 8.08. The van der Waals surface area contributed by atoms with E-state index in [2.05, 4.69) is 36.9 Å². The highest BCUT2D eigenvalue weighted by molar-refractivity contribution is 9.10. The summed E-state index contributed by atoms with van der Waals surface area (Å²) in [5.41, 5.74) is 0.385. The van der Waals surface area contributed by atoms with Crippen LogP contribution in [-0.4, -0.2) is 24.6 Å². The normalized spacial score (nSPS) is 9.13. The van der Waals surface area contributed by atoms with E-state index in [0.717, 1.165) is 0 Å². The van der Waals surface area contributed by atoms with Gasteiger partial charge < -0.3 is 10.1 Å². The maximum atomic E-state index is 11.2. The van der Waals surface area contributed by atoms with E-state index in [1.54, 1.807) is 6.07 Å². The molecular weight excluding hydrogens is 260 g/mol. The number of carbonyl (C=O) groups excluding carboxylic acids is 1. The Hall–Kier alpha value is -1.54. The van der Waals surface area contributed by atoms with Crippen LogP contribution >= 0.6 is 15.9 Å². The molecule has 0 bridgehead atoms. The van der Waals surface area contributed by atoms with Crippen LogP contribution in [0.5, 0.6) is 0 Å². The number of ether oxygens (including phenoxy) is 1. The van der Waals surface area contributed by atoms with Gasteiger partial charge in [0.05, 0.1) is 23.7 Å². The highest BCUT2D eigenvalue weighted by Gasteiger charge is 2.08. The Balaban J connectivity index is 2.89. The second kappa shape index (κ2) is 5.37. The van der Waals surface area contributed by atoms with Gasteiger partial charge in [-0.25, -0.2) is 9.78 Å². The van der Waals surface area contributed by atoms with E-state index in [9.17, 15) is 4.79 Å². The molecule has 1 aromatic rings. The topological polar surface area (TPSA) is 51.2 Å². The summed E-state index contributed by atoms with van der Waals surface area (Å²) in [5.74, 6) is 2.60. The number of carbonyl (C=O) groups is 1. The molecule has 4 nitrogen and oxygen atoms in total. The Morgan fingerprint density at radius 2 is 2.53 bits per heavy atom. The van der Waals surface area contributed by atoms with Gasteiger partial charge in [0.2, 0.25) is 0 Å². The lowest BCUT2D eigenvalue weighted by Crippen LogP contribution is -2.05. The van der Waals surface area contributed by atoms with Crippen molar-refractivity contribution in [2.75, 3.05) is 19.0 Å². The number of methoxy groups -OCH3 is 1. The maximum absolute atomic E-state index is 11.2. The highest BCUT2D eigenvalue weighted by Crippen LogP contribution is 2.20. The van der Waals surface area contributed by atoms with E-state index in [0.29, 0.717) is 22.4 Å². The number of hydrogen-bond donors (Lipinski definition) is 1. The molecule has 0 aliphatic carbocycles. The van der Waals surface area contributed by atoms with Crippen LogP contribution in [0.1, 0.15) is 10.4 Å². The molecule has 1 N–H and O–H groups in total. The third kappa shape index (κ3) is 2.96. The lowest BCUT2D eigenvalue weighted by Gasteiger charge is -2.05. The summed E-state index contributed by atoms with van der Waals surface area (Å²) in [6.07, 6.45) is 6.52. The fourth-order valence-electron chi connectivity index (χ4n) is 0.932. The Bertz CT molecular complexity index is 412. The van der Waals surface area contributed by atoms with Gasteiger partial charge in [-0.2, -0.15) is 0 Å². The minimum Gasteiger partial charge on any atom is -0.465 e. The van der Waals surface area contributed by atoms with E-state index in [-0.39, 0.29) is 0 Å². The predicted molar refractivity (Wildman–Crippen MR) is 60.6 cm³/mol. The number of nitrogens with one attached hydrogen (secondary N) is 1. The van der Waals surface area contributed by atoms with Crippen molar-refractivity contribution in [1.82, 2.24) is 4.98 Å². The molecule has 0 unspecified atom stereocenters. The van der Waals surface area contributed by atoms with Gasteiger partial charge in [-0.05, 0) is 22.0 Å². The number of terminal acetylenes is 1. The molecule has 0 fully saturated rings. The first-order chi connectivity index (χ1) is 7.19. The lowest BCUT2D eigenvalue weighted by molar-refractivity contribution is 0.0600. The van der Waals surface area contributed by atoms with Crippen molar-refractivity contribution in [2.45, 2.75) is 0 Å². The van der Waals surface area contributed by atoms with Crippen LogP contribution in [0.25, 0.3) is 0 Å². The molecule has 1 aromatic heterocycles. The number of hydrogen-bond acceptors (Lipinski definition) is 4. The second-order valence-electron chi connectivity index (χ2n) is 2.60. The summed E-state index contributed by atoms with van der Waals surface area (Å²) >= 11 is 3.27. The number of esters is 1. The maximum Gasteiger partial charge on any atom is 0.339 e. The Kier molecular flexibility index (Phi) is 4.13.